The van der Waals surface area contributed by atoms with E-state index in [1.54, 1.807) is 0 Å². The van der Waals surface area contributed by atoms with E-state index in [-0.39, 0.29) is 0 Å². The van der Waals surface area contributed by atoms with Crippen LogP contribution in [0.5, 0.6) is 0 Å². The van der Waals surface area contributed by atoms with E-state index in [9.17, 15) is 9.90 Å². The van der Waals surface area contributed by atoms with Gasteiger partial charge in [0.2, 0.25) is 0 Å². The molecule has 20 heavy (non-hydrogen) atoms. The van der Waals surface area contributed by atoms with Gasteiger partial charge in [-0.1, -0.05) is 32.6 Å². The van der Waals surface area contributed by atoms with E-state index in [4.69, 9.17) is 0 Å². The van der Waals surface area contributed by atoms with Gasteiger partial charge >= 0.3 is 5.97 Å². The highest BCUT2D eigenvalue weighted by atomic mass is 16.4. The lowest BCUT2D eigenvalue weighted by Gasteiger charge is -2.41. The molecule has 2 aliphatic rings. The van der Waals surface area contributed by atoms with E-state index in [2.05, 4.69) is 17.1 Å². The first-order valence-electron chi connectivity index (χ1n) is 8.40. The third-order valence-electron chi connectivity index (χ3n) is 4.99. The van der Waals surface area contributed by atoms with Crippen LogP contribution in [0.15, 0.2) is 0 Å². The van der Waals surface area contributed by atoms with Crippen molar-refractivity contribution < 1.29 is 9.90 Å². The Bertz CT molecular complexity index is 304. The van der Waals surface area contributed by atoms with Crippen molar-refractivity contribution in [2.45, 2.75) is 76.3 Å². The van der Waals surface area contributed by atoms with E-state index in [0.717, 1.165) is 51.7 Å². The molecule has 116 valence electrons. The van der Waals surface area contributed by atoms with Crippen LogP contribution in [0.1, 0.15) is 64.7 Å². The Kier molecular flexibility index (Phi) is 5.85. The van der Waals surface area contributed by atoms with Crippen LogP contribution in [0.3, 0.4) is 0 Å². The van der Waals surface area contributed by atoms with Gasteiger partial charge in [-0.25, -0.2) is 0 Å². The van der Waals surface area contributed by atoms with Crippen LogP contribution < -0.4 is 5.32 Å². The molecular weight excluding hydrogens is 252 g/mol. The van der Waals surface area contributed by atoms with Crippen molar-refractivity contribution in [3.63, 3.8) is 0 Å². The summed E-state index contributed by atoms with van der Waals surface area (Å²) in [7, 11) is 0. The van der Waals surface area contributed by atoms with Gasteiger partial charge in [0.25, 0.3) is 0 Å². The van der Waals surface area contributed by atoms with Crippen molar-refractivity contribution in [2.75, 3.05) is 19.6 Å². The number of hydrogen-bond acceptors (Lipinski definition) is 3. The molecule has 0 aromatic heterocycles. The molecule has 0 bridgehead atoms. The third kappa shape index (κ3) is 3.95. The SMILES string of the molecule is CCCN1CCC(NC2CCCCCC2)(C(=O)O)CC1. The molecule has 1 heterocycles. The van der Waals surface area contributed by atoms with Gasteiger partial charge in [0, 0.05) is 19.1 Å². The molecule has 2 rings (SSSR count). The summed E-state index contributed by atoms with van der Waals surface area (Å²) in [4.78, 5) is 14.2. The average Bonchev–Trinajstić information content (AvgIpc) is 2.70. The number of nitrogens with one attached hydrogen (secondary N) is 1. The maximum absolute atomic E-state index is 11.8. The summed E-state index contributed by atoms with van der Waals surface area (Å²) < 4.78 is 0. The summed E-state index contributed by atoms with van der Waals surface area (Å²) >= 11 is 0. The maximum Gasteiger partial charge on any atom is 0.324 e. The van der Waals surface area contributed by atoms with Crippen LogP contribution in [-0.4, -0.2) is 47.2 Å². The number of nitrogens with zero attached hydrogens (tertiary/aromatic N) is 1. The van der Waals surface area contributed by atoms with E-state index in [1.807, 2.05) is 0 Å². The topological polar surface area (TPSA) is 52.6 Å². The van der Waals surface area contributed by atoms with Gasteiger partial charge in [-0.05, 0) is 38.6 Å². The summed E-state index contributed by atoms with van der Waals surface area (Å²) in [6, 6.07) is 0.409. The summed E-state index contributed by atoms with van der Waals surface area (Å²) in [6.45, 7) is 5.11. The predicted octanol–water partition coefficient (Wildman–Crippen LogP) is 2.63. The van der Waals surface area contributed by atoms with Crippen LogP contribution in [0.4, 0.5) is 0 Å². The third-order valence-corrected chi connectivity index (χ3v) is 4.99. The van der Waals surface area contributed by atoms with Crippen molar-refractivity contribution in [1.29, 1.82) is 0 Å². The minimum Gasteiger partial charge on any atom is -0.480 e. The lowest BCUT2D eigenvalue weighted by molar-refractivity contribution is -0.147. The van der Waals surface area contributed by atoms with E-state index in [0.29, 0.717) is 6.04 Å². The summed E-state index contributed by atoms with van der Waals surface area (Å²) in [5.41, 5.74) is -0.667. The fourth-order valence-corrected chi connectivity index (χ4v) is 3.71. The Balaban J connectivity index is 1.94. The maximum atomic E-state index is 11.8. The van der Waals surface area contributed by atoms with Gasteiger partial charge in [-0.3, -0.25) is 10.1 Å². The lowest BCUT2D eigenvalue weighted by atomic mass is 9.85. The van der Waals surface area contributed by atoms with Crippen LogP contribution in [0.2, 0.25) is 0 Å². The normalized spacial score (nSPS) is 25.2. The number of likely N-dealkylation sites (tertiary alicyclic amines) is 1. The quantitative estimate of drug-likeness (QED) is 0.761. The highest BCUT2D eigenvalue weighted by Crippen LogP contribution is 2.27. The number of piperidine rings is 1. The molecule has 0 aromatic carbocycles. The molecule has 4 heteroatoms. The average molecular weight is 282 g/mol. The molecule has 2 N–H and O–H groups in total. The number of hydrogen-bond donors (Lipinski definition) is 2. The number of aliphatic carboxylic acids is 1. The zero-order chi connectivity index (χ0) is 14.4. The highest BCUT2D eigenvalue weighted by molar-refractivity contribution is 5.79. The minimum absolute atomic E-state index is 0.409. The van der Waals surface area contributed by atoms with Crippen molar-refractivity contribution >= 4 is 5.97 Å². The first-order valence-corrected chi connectivity index (χ1v) is 8.40. The minimum atomic E-state index is -0.667. The second-order valence-electron chi connectivity index (χ2n) is 6.56. The van der Waals surface area contributed by atoms with Gasteiger partial charge in [0.1, 0.15) is 5.54 Å². The molecule has 0 radical (unpaired) electrons. The van der Waals surface area contributed by atoms with Crippen LogP contribution >= 0.6 is 0 Å². The van der Waals surface area contributed by atoms with E-state index in [1.165, 1.54) is 25.7 Å². The molecule has 0 atom stereocenters. The van der Waals surface area contributed by atoms with Gasteiger partial charge in [-0.2, -0.15) is 0 Å². The van der Waals surface area contributed by atoms with Gasteiger partial charge in [0.05, 0.1) is 0 Å². The molecule has 0 aromatic rings. The second-order valence-corrected chi connectivity index (χ2v) is 6.56. The molecule has 0 spiro atoms. The summed E-state index contributed by atoms with van der Waals surface area (Å²) in [6.07, 6.45) is 10.0. The lowest BCUT2D eigenvalue weighted by Crippen LogP contribution is -2.61. The Morgan fingerprint density at radius 2 is 1.80 bits per heavy atom. The largest absolute Gasteiger partial charge is 0.480 e. The van der Waals surface area contributed by atoms with Crippen molar-refractivity contribution in [3.8, 4) is 0 Å². The van der Waals surface area contributed by atoms with Crippen LogP contribution in [-0.2, 0) is 4.79 Å². The number of carbonyl (C=O) groups is 1. The smallest absolute Gasteiger partial charge is 0.324 e. The Morgan fingerprint density at radius 1 is 1.20 bits per heavy atom. The Hall–Kier alpha value is -0.610. The van der Waals surface area contributed by atoms with Gasteiger partial charge in [0.15, 0.2) is 0 Å². The van der Waals surface area contributed by atoms with Crippen molar-refractivity contribution in [1.82, 2.24) is 10.2 Å². The van der Waals surface area contributed by atoms with Gasteiger partial charge < -0.3 is 10.0 Å². The fourth-order valence-electron chi connectivity index (χ4n) is 3.71. The standard InChI is InChI=1S/C16H30N2O2/c1-2-11-18-12-9-16(10-13-18,15(19)20)17-14-7-5-3-4-6-8-14/h14,17H,2-13H2,1H3,(H,19,20). The zero-order valence-electron chi connectivity index (χ0n) is 12.9. The monoisotopic (exact) mass is 282 g/mol. The molecule has 4 nitrogen and oxygen atoms in total. The molecule has 0 amide bonds. The fraction of sp³-hybridized carbons (Fsp3) is 0.938. The second kappa shape index (κ2) is 7.41. The van der Waals surface area contributed by atoms with Gasteiger partial charge in [-0.15, -0.1) is 0 Å². The molecule has 1 saturated heterocycles. The molecule has 1 aliphatic carbocycles. The molecule has 1 aliphatic heterocycles. The van der Waals surface area contributed by atoms with Crippen LogP contribution in [0, 0.1) is 0 Å². The van der Waals surface area contributed by atoms with Crippen LogP contribution in [0.25, 0.3) is 0 Å². The molecular formula is C16H30N2O2. The van der Waals surface area contributed by atoms with E-state index >= 15 is 0 Å². The molecule has 1 saturated carbocycles. The Morgan fingerprint density at radius 3 is 2.30 bits per heavy atom. The first-order chi connectivity index (χ1) is 9.66. The number of carboxylic acids is 1. The molecule has 2 fully saturated rings. The first kappa shape index (κ1) is 15.8. The Labute approximate surface area is 122 Å². The highest BCUT2D eigenvalue weighted by Gasteiger charge is 2.42. The predicted molar refractivity (Wildman–Crippen MR) is 81.0 cm³/mol. The summed E-state index contributed by atoms with van der Waals surface area (Å²) in [5, 5.41) is 13.3. The van der Waals surface area contributed by atoms with Crippen molar-refractivity contribution in [2.24, 2.45) is 0 Å². The number of carboxylic acid groups (broad SMARTS) is 1. The summed E-state index contributed by atoms with van der Waals surface area (Å²) in [5.74, 6) is -0.641. The zero-order valence-corrected chi connectivity index (χ0v) is 12.9. The van der Waals surface area contributed by atoms with Crippen molar-refractivity contribution in [3.05, 3.63) is 0 Å². The molecule has 0 unspecified atom stereocenters. The number of rotatable bonds is 5. The van der Waals surface area contributed by atoms with E-state index < -0.39 is 11.5 Å².